The molecule has 0 aromatic heterocycles. The molecule has 37 heavy (non-hydrogen) atoms. The smallest absolute Gasteiger partial charge is 0.243 e. The highest BCUT2D eigenvalue weighted by Gasteiger charge is 2.30. The Morgan fingerprint density at radius 1 is 0.730 bits per heavy atom. The summed E-state index contributed by atoms with van der Waals surface area (Å²) in [4.78, 5) is 29.1. The van der Waals surface area contributed by atoms with Gasteiger partial charge in [0.2, 0.25) is 11.8 Å². The number of carbonyl (C=O) groups is 2. The van der Waals surface area contributed by atoms with Crippen molar-refractivity contribution in [1.82, 2.24) is 10.2 Å². The van der Waals surface area contributed by atoms with Crippen LogP contribution in [0.1, 0.15) is 22.3 Å². The van der Waals surface area contributed by atoms with E-state index in [0.29, 0.717) is 23.0 Å². The number of nitrogens with zero attached hydrogens (tertiary/aromatic N) is 1. The van der Waals surface area contributed by atoms with Gasteiger partial charge in [-0.3, -0.25) is 9.59 Å². The minimum Gasteiger partial charge on any atom is -0.350 e. The summed E-state index contributed by atoms with van der Waals surface area (Å²) in [5.74, 6) is -0.358. The predicted molar refractivity (Wildman–Crippen MR) is 149 cm³/mol. The third-order valence-electron chi connectivity index (χ3n) is 6.13. The summed E-state index contributed by atoms with van der Waals surface area (Å²) in [7, 11) is 0. The van der Waals surface area contributed by atoms with E-state index in [9.17, 15) is 9.59 Å². The van der Waals surface area contributed by atoms with Gasteiger partial charge >= 0.3 is 0 Å². The highest BCUT2D eigenvalue weighted by atomic mass is 35.5. The van der Waals surface area contributed by atoms with Crippen LogP contribution in [-0.2, 0) is 35.5 Å². The molecular formula is C31H28Cl2N2O2. The molecular weight excluding hydrogens is 503 g/mol. The number of rotatable bonds is 10. The highest BCUT2D eigenvalue weighted by molar-refractivity contribution is 6.35. The van der Waals surface area contributed by atoms with Crippen molar-refractivity contribution in [1.29, 1.82) is 0 Å². The number of carbonyl (C=O) groups excluding carboxylic acids is 2. The van der Waals surface area contributed by atoms with E-state index in [-0.39, 0.29) is 24.8 Å². The maximum atomic E-state index is 13.7. The summed E-state index contributed by atoms with van der Waals surface area (Å²) >= 11 is 12.4. The van der Waals surface area contributed by atoms with E-state index in [0.717, 1.165) is 22.3 Å². The van der Waals surface area contributed by atoms with E-state index in [2.05, 4.69) is 5.32 Å². The number of benzene rings is 4. The van der Waals surface area contributed by atoms with Crippen LogP contribution in [0.4, 0.5) is 0 Å². The van der Waals surface area contributed by atoms with Gasteiger partial charge < -0.3 is 10.2 Å². The van der Waals surface area contributed by atoms with Gasteiger partial charge in [-0.05, 0) is 34.4 Å². The van der Waals surface area contributed by atoms with E-state index in [1.165, 1.54) is 0 Å². The second kappa shape index (κ2) is 13.1. The molecule has 188 valence electrons. The molecule has 1 atom stereocenters. The molecule has 1 N–H and O–H groups in total. The average molecular weight is 531 g/mol. The molecule has 2 amide bonds. The molecule has 4 aromatic rings. The van der Waals surface area contributed by atoms with Crippen LogP contribution in [0.25, 0.3) is 0 Å². The van der Waals surface area contributed by atoms with Gasteiger partial charge in [0.1, 0.15) is 6.04 Å². The first-order valence-electron chi connectivity index (χ1n) is 12.1. The van der Waals surface area contributed by atoms with Gasteiger partial charge in [-0.25, -0.2) is 0 Å². The summed E-state index contributed by atoms with van der Waals surface area (Å²) in [5.41, 5.74) is 3.58. The molecule has 0 unspecified atom stereocenters. The zero-order chi connectivity index (χ0) is 26.0. The van der Waals surface area contributed by atoms with E-state index >= 15 is 0 Å². The van der Waals surface area contributed by atoms with Gasteiger partial charge in [-0.15, -0.1) is 0 Å². The summed E-state index contributed by atoms with van der Waals surface area (Å²) in [6, 6.07) is 33.5. The second-order valence-corrected chi connectivity index (χ2v) is 9.67. The first-order chi connectivity index (χ1) is 18.0. The molecule has 0 heterocycles. The Morgan fingerprint density at radius 2 is 1.30 bits per heavy atom. The van der Waals surface area contributed by atoms with Crippen LogP contribution in [0.3, 0.4) is 0 Å². The van der Waals surface area contributed by atoms with Gasteiger partial charge in [0.15, 0.2) is 0 Å². The van der Waals surface area contributed by atoms with E-state index < -0.39 is 6.04 Å². The lowest BCUT2D eigenvalue weighted by molar-refractivity contribution is -0.140. The van der Waals surface area contributed by atoms with Gasteiger partial charge in [0.25, 0.3) is 0 Å². The first kappa shape index (κ1) is 26.5. The lowest BCUT2D eigenvalue weighted by atomic mass is 10.0. The molecule has 0 fully saturated rings. The molecule has 0 bridgehead atoms. The number of hydrogen-bond acceptors (Lipinski definition) is 2. The average Bonchev–Trinajstić information content (AvgIpc) is 2.91. The maximum absolute atomic E-state index is 13.7. The zero-order valence-electron chi connectivity index (χ0n) is 20.3. The van der Waals surface area contributed by atoms with Gasteiger partial charge in [0, 0.05) is 29.6 Å². The molecule has 6 heteroatoms. The van der Waals surface area contributed by atoms with Crippen molar-refractivity contribution >= 4 is 35.0 Å². The minimum atomic E-state index is -0.718. The van der Waals surface area contributed by atoms with Crippen molar-refractivity contribution in [2.45, 2.75) is 32.0 Å². The van der Waals surface area contributed by atoms with E-state index in [1.54, 1.807) is 23.1 Å². The Kier molecular flexibility index (Phi) is 9.36. The Labute approximate surface area is 227 Å². The van der Waals surface area contributed by atoms with Crippen molar-refractivity contribution in [3.8, 4) is 0 Å². The normalized spacial score (nSPS) is 11.5. The van der Waals surface area contributed by atoms with Crippen molar-refractivity contribution in [2.24, 2.45) is 0 Å². The quantitative estimate of drug-likeness (QED) is 0.254. The van der Waals surface area contributed by atoms with Crippen LogP contribution in [0, 0.1) is 0 Å². The topological polar surface area (TPSA) is 49.4 Å². The number of nitrogens with one attached hydrogen (secondary N) is 1. The molecule has 4 nitrogen and oxygen atoms in total. The standard InChI is InChI=1S/C31H28Cl2N2O2/c32-27-17-16-26(28(33)20-27)21-34-31(37)29(18-23-10-4-1-5-11-23)35(22-25-14-8-3-9-15-25)30(36)19-24-12-6-2-7-13-24/h1-17,20,29H,18-19,21-22H2,(H,34,37)/t29-/m0/s1. The minimum absolute atomic E-state index is 0.115. The van der Waals surface area contributed by atoms with Crippen LogP contribution >= 0.6 is 23.2 Å². The Hall–Kier alpha value is -3.60. The molecule has 4 aromatic carbocycles. The predicted octanol–water partition coefficient (Wildman–Crippen LogP) is 6.49. The molecule has 0 aliphatic rings. The van der Waals surface area contributed by atoms with Gasteiger partial charge in [-0.2, -0.15) is 0 Å². The Balaban J connectivity index is 1.63. The van der Waals surface area contributed by atoms with Crippen LogP contribution in [0.15, 0.2) is 109 Å². The molecule has 0 aliphatic carbocycles. The lowest BCUT2D eigenvalue weighted by Crippen LogP contribution is -2.50. The van der Waals surface area contributed by atoms with Crippen LogP contribution in [0.5, 0.6) is 0 Å². The third kappa shape index (κ3) is 7.69. The summed E-state index contributed by atoms with van der Waals surface area (Å²) in [6.07, 6.45) is 0.587. The zero-order valence-corrected chi connectivity index (χ0v) is 21.8. The molecule has 0 aliphatic heterocycles. The van der Waals surface area contributed by atoms with Gasteiger partial charge in [0.05, 0.1) is 6.42 Å². The van der Waals surface area contributed by atoms with Crippen molar-refractivity contribution in [2.75, 3.05) is 0 Å². The van der Waals surface area contributed by atoms with Crippen LogP contribution < -0.4 is 5.32 Å². The Morgan fingerprint density at radius 3 is 1.89 bits per heavy atom. The SMILES string of the molecule is O=C(NCc1ccc(Cl)cc1Cl)[C@H](Cc1ccccc1)N(Cc1ccccc1)C(=O)Cc1ccccc1. The Bertz CT molecular complexity index is 1320. The number of amides is 2. The largest absolute Gasteiger partial charge is 0.350 e. The molecule has 0 radical (unpaired) electrons. The van der Waals surface area contributed by atoms with Gasteiger partial charge in [-0.1, -0.05) is 120 Å². The monoisotopic (exact) mass is 530 g/mol. The second-order valence-electron chi connectivity index (χ2n) is 8.83. The fourth-order valence-corrected chi connectivity index (χ4v) is 4.65. The van der Waals surface area contributed by atoms with Crippen LogP contribution in [-0.4, -0.2) is 22.8 Å². The first-order valence-corrected chi connectivity index (χ1v) is 12.9. The fourth-order valence-electron chi connectivity index (χ4n) is 4.17. The fraction of sp³-hybridized carbons (Fsp3) is 0.161. The van der Waals surface area contributed by atoms with Crippen LogP contribution in [0.2, 0.25) is 10.0 Å². The van der Waals surface area contributed by atoms with Crippen molar-refractivity contribution < 1.29 is 9.59 Å². The molecule has 4 rings (SSSR count). The highest BCUT2D eigenvalue weighted by Crippen LogP contribution is 2.21. The number of hydrogen-bond donors (Lipinski definition) is 1. The molecule has 0 saturated heterocycles. The lowest BCUT2D eigenvalue weighted by Gasteiger charge is -2.32. The van der Waals surface area contributed by atoms with Crippen molar-refractivity contribution in [3.63, 3.8) is 0 Å². The van der Waals surface area contributed by atoms with Crippen molar-refractivity contribution in [3.05, 3.63) is 141 Å². The maximum Gasteiger partial charge on any atom is 0.243 e. The van der Waals surface area contributed by atoms with E-state index in [4.69, 9.17) is 23.2 Å². The summed E-state index contributed by atoms with van der Waals surface area (Å²) in [6.45, 7) is 0.547. The molecule has 0 saturated carbocycles. The molecule has 0 spiro atoms. The number of halogens is 2. The third-order valence-corrected chi connectivity index (χ3v) is 6.72. The van der Waals surface area contributed by atoms with E-state index in [1.807, 2.05) is 91.0 Å². The summed E-state index contributed by atoms with van der Waals surface area (Å²) < 4.78 is 0. The summed E-state index contributed by atoms with van der Waals surface area (Å²) in [5, 5.41) is 4.01.